The lowest BCUT2D eigenvalue weighted by atomic mass is 10.0. The van der Waals surface area contributed by atoms with Crippen LogP contribution >= 0.6 is 11.6 Å². The molecule has 2 atom stereocenters. The highest BCUT2D eigenvalue weighted by Gasteiger charge is 2.18. The Hall–Kier alpha value is -1.12. The van der Waals surface area contributed by atoms with Crippen LogP contribution in [-0.4, -0.2) is 29.9 Å². The van der Waals surface area contributed by atoms with Crippen molar-refractivity contribution in [2.45, 2.75) is 12.2 Å². The molecule has 0 aliphatic heterocycles. The van der Waals surface area contributed by atoms with Gasteiger partial charge in [0.05, 0.1) is 17.7 Å². The van der Waals surface area contributed by atoms with E-state index in [-0.39, 0.29) is 6.54 Å². The van der Waals surface area contributed by atoms with Crippen LogP contribution in [0.3, 0.4) is 0 Å². The molecule has 0 bridgehead atoms. The third-order valence-electron chi connectivity index (χ3n) is 2.17. The van der Waals surface area contributed by atoms with Gasteiger partial charge < -0.3 is 15.5 Å². The molecule has 0 amide bonds. The number of nitrogens with zero attached hydrogens (tertiary/aromatic N) is 1. The smallest absolute Gasteiger partial charge is 0.106 e. The molecular weight excluding hydrogens is 228 g/mol. The van der Waals surface area contributed by atoms with Crippen LogP contribution < -0.4 is 5.32 Å². The van der Waals surface area contributed by atoms with E-state index in [0.29, 0.717) is 16.1 Å². The molecule has 1 aromatic rings. The first-order valence-electron chi connectivity index (χ1n) is 4.79. The van der Waals surface area contributed by atoms with E-state index in [0.717, 1.165) is 0 Å². The van der Waals surface area contributed by atoms with Crippen LogP contribution in [0.1, 0.15) is 17.2 Å². The van der Waals surface area contributed by atoms with E-state index >= 15 is 0 Å². The number of hydrogen-bond donors (Lipinski definition) is 3. The normalized spacial score (nSPS) is 14.2. The Balaban J connectivity index is 2.95. The van der Waals surface area contributed by atoms with E-state index in [1.807, 2.05) is 6.07 Å². The molecule has 0 saturated heterocycles. The minimum absolute atomic E-state index is 0.259. The first kappa shape index (κ1) is 12.9. The number of nitrogens with one attached hydrogen (secondary N) is 1. The van der Waals surface area contributed by atoms with Crippen LogP contribution in [0.2, 0.25) is 5.02 Å². The average molecular weight is 241 g/mol. The SMILES string of the molecule is CNCC(O)C(O)c1cc(Cl)cc(C#N)c1. The minimum atomic E-state index is -1.06. The highest BCUT2D eigenvalue weighted by molar-refractivity contribution is 6.30. The Morgan fingerprint density at radius 2 is 2.12 bits per heavy atom. The summed E-state index contributed by atoms with van der Waals surface area (Å²) in [5.41, 5.74) is 0.796. The number of aliphatic hydroxyl groups excluding tert-OH is 2. The fourth-order valence-electron chi connectivity index (χ4n) is 1.39. The molecule has 3 N–H and O–H groups in total. The fraction of sp³-hybridized carbons (Fsp3) is 0.364. The summed E-state index contributed by atoms with van der Waals surface area (Å²) in [4.78, 5) is 0. The molecule has 0 fully saturated rings. The Morgan fingerprint density at radius 3 is 2.69 bits per heavy atom. The predicted octanol–water partition coefficient (Wildman–Crippen LogP) is 0.825. The topological polar surface area (TPSA) is 76.3 Å². The van der Waals surface area contributed by atoms with Gasteiger partial charge in [-0.1, -0.05) is 11.6 Å². The summed E-state index contributed by atoms with van der Waals surface area (Å²) >= 11 is 5.80. The lowest BCUT2D eigenvalue weighted by molar-refractivity contribution is 0.0202. The lowest BCUT2D eigenvalue weighted by Crippen LogP contribution is -2.29. The summed E-state index contributed by atoms with van der Waals surface area (Å²) in [5.74, 6) is 0. The highest BCUT2D eigenvalue weighted by atomic mass is 35.5. The van der Waals surface area contributed by atoms with Gasteiger partial charge in [-0.3, -0.25) is 0 Å². The van der Waals surface area contributed by atoms with Gasteiger partial charge in [0, 0.05) is 11.6 Å². The van der Waals surface area contributed by atoms with E-state index in [9.17, 15) is 10.2 Å². The third kappa shape index (κ3) is 3.19. The van der Waals surface area contributed by atoms with Crippen molar-refractivity contribution in [2.75, 3.05) is 13.6 Å². The Kier molecular flexibility index (Phi) is 4.71. The lowest BCUT2D eigenvalue weighted by Gasteiger charge is -2.18. The van der Waals surface area contributed by atoms with Crippen LogP contribution in [0.5, 0.6) is 0 Å². The van der Waals surface area contributed by atoms with Crippen LogP contribution in [-0.2, 0) is 0 Å². The zero-order valence-corrected chi connectivity index (χ0v) is 9.57. The number of aliphatic hydroxyl groups is 2. The molecular formula is C11H13ClN2O2. The van der Waals surface area contributed by atoms with Crippen molar-refractivity contribution < 1.29 is 10.2 Å². The summed E-state index contributed by atoms with van der Waals surface area (Å²) in [6.45, 7) is 0.259. The summed E-state index contributed by atoms with van der Waals surface area (Å²) in [6, 6.07) is 6.49. The van der Waals surface area contributed by atoms with Crippen molar-refractivity contribution in [1.29, 1.82) is 5.26 Å². The van der Waals surface area contributed by atoms with Crippen molar-refractivity contribution in [2.24, 2.45) is 0 Å². The molecule has 0 aliphatic carbocycles. The van der Waals surface area contributed by atoms with E-state index in [1.165, 1.54) is 18.2 Å². The second-order valence-corrected chi connectivity index (χ2v) is 3.89. The Morgan fingerprint density at radius 1 is 1.44 bits per heavy atom. The number of nitriles is 1. The maximum Gasteiger partial charge on any atom is 0.106 e. The van der Waals surface area contributed by atoms with Crippen molar-refractivity contribution in [3.63, 3.8) is 0 Å². The van der Waals surface area contributed by atoms with Crippen LogP contribution in [0, 0.1) is 11.3 Å². The molecule has 0 radical (unpaired) electrons. The van der Waals surface area contributed by atoms with E-state index in [2.05, 4.69) is 5.32 Å². The quantitative estimate of drug-likeness (QED) is 0.729. The molecule has 4 nitrogen and oxygen atoms in total. The summed E-state index contributed by atoms with van der Waals surface area (Å²) in [7, 11) is 1.68. The molecule has 0 spiro atoms. The second-order valence-electron chi connectivity index (χ2n) is 3.45. The number of rotatable bonds is 4. The molecule has 2 unspecified atom stereocenters. The average Bonchev–Trinajstić information content (AvgIpc) is 2.27. The largest absolute Gasteiger partial charge is 0.389 e. The Labute approximate surface area is 99.1 Å². The maximum absolute atomic E-state index is 9.81. The van der Waals surface area contributed by atoms with E-state index in [1.54, 1.807) is 7.05 Å². The van der Waals surface area contributed by atoms with Crippen molar-refractivity contribution in [3.8, 4) is 6.07 Å². The molecule has 16 heavy (non-hydrogen) atoms. The van der Waals surface area contributed by atoms with E-state index in [4.69, 9.17) is 16.9 Å². The maximum atomic E-state index is 9.81. The molecule has 0 aliphatic rings. The first-order valence-corrected chi connectivity index (χ1v) is 5.17. The van der Waals surface area contributed by atoms with Gasteiger partial charge in [-0.05, 0) is 30.8 Å². The first-order chi connectivity index (χ1) is 7.58. The third-order valence-corrected chi connectivity index (χ3v) is 2.39. The zero-order valence-electron chi connectivity index (χ0n) is 8.81. The van der Waals surface area contributed by atoms with Crippen molar-refractivity contribution >= 4 is 11.6 Å². The van der Waals surface area contributed by atoms with Crippen LogP contribution in [0.4, 0.5) is 0 Å². The molecule has 86 valence electrons. The predicted molar refractivity (Wildman–Crippen MR) is 61.1 cm³/mol. The molecule has 0 aromatic heterocycles. The molecule has 5 heteroatoms. The number of benzene rings is 1. The van der Waals surface area contributed by atoms with Gasteiger partial charge in [-0.15, -0.1) is 0 Å². The van der Waals surface area contributed by atoms with Gasteiger partial charge >= 0.3 is 0 Å². The molecule has 0 heterocycles. The van der Waals surface area contributed by atoms with Crippen LogP contribution in [0.15, 0.2) is 18.2 Å². The summed E-state index contributed by atoms with van der Waals surface area (Å²) in [5, 5.41) is 31.3. The minimum Gasteiger partial charge on any atom is -0.389 e. The standard InChI is InChI=1S/C11H13ClN2O2/c1-14-6-10(15)11(16)8-2-7(5-13)3-9(12)4-8/h2-4,10-11,14-16H,6H2,1H3. The molecule has 1 rings (SSSR count). The van der Waals surface area contributed by atoms with Crippen molar-refractivity contribution in [3.05, 3.63) is 34.3 Å². The van der Waals surface area contributed by atoms with Gasteiger partial charge in [-0.25, -0.2) is 0 Å². The summed E-state index contributed by atoms with van der Waals surface area (Å²) in [6.07, 6.45) is -1.99. The molecule has 0 saturated carbocycles. The van der Waals surface area contributed by atoms with Crippen molar-refractivity contribution in [1.82, 2.24) is 5.32 Å². The second kappa shape index (κ2) is 5.83. The van der Waals surface area contributed by atoms with Gasteiger partial charge in [0.25, 0.3) is 0 Å². The molecule has 1 aromatic carbocycles. The van der Waals surface area contributed by atoms with Gasteiger partial charge in [0.1, 0.15) is 6.10 Å². The number of halogens is 1. The van der Waals surface area contributed by atoms with Gasteiger partial charge in [-0.2, -0.15) is 5.26 Å². The number of hydrogen-bond acceptors (Lipinski definition) is 4. The van der Waals surface area contributed by atoms with Gasteiger partial charge in [0.2, 0.25) is 0 Å². The monoisotopic (exact) mass is 240 g/mol. The number of likely N-dealkylation sites (N-methyl/N-ethyl adjacent to an activating group) is 1. The summed E-state index contributed by atoms with van der Waals surface area (Å²) < 4.78 is 0. The fourth-order valence-corrected chi connectivity index (χ4v) is 1.63. The highest BCUT2D eigenvalue weighted by Crippen LogP contribution is 2.22. The van der Waals surface area contributed by atoms with Crippen LogP contribution in [0.25, 0.3) is 0 Å². The van der Waals surface area contributed by atoms with Gasteiger partial charge in [0.15, 0.2) is 0 Å². The zero-order chi connectivity index (χ0) is 12.1. The van der Waals surface area contributed by atoms with E-state index < -0.39 is 12.2 Å². The Bertz CT molecular complexity index is 403.